The van der Waals surface area contributed by atoms with Gasteiger partial charge in [0, 0.05) is 73.7 Å². The van der Waals surface area contributed by atoms with E-state index in [1.54, 1.807) is 0 Å². The van der Waals surface area contributed by atoms with E-state index >= 15 is 0 Å². The Morgan fingerprint density at radius 3 is 2.10 bits per heavy atom. The highest BCUT2D eigenvalue weighted by Crippen LogP contribution is 2.35. The van der Waals surface area contributed by atoms with Gasteiger partial charge in [-0.15, -0.1) is 0 Å². The molecule has 7 heteroatoms. The fourth-order valence-electron chi connectivity index (χ4n) is 5.34. The molecule has 3 N–H and O–H groups in total. The summed E-state index contributed by atoms with van der Waals surface area (Å²) in [5, 5.41) is 12.5. The Labute approximate surface area is 306 Å². The number of nitrogens with one attached hydrogen (secondary N) is 3. The number of ether oxygens (including phenoxy) is 1. The van der Waals surface area contributed by atoms with Gasteiger partial charge in [-0.3, -0.25) is 9.88 Å². The zero-order chi connectivity index (χ0) is 37.7. The highest BCUT2D eigenvalue weighted by molar-refractivity contribution is 5.98. The van der Waals surface area contributed by atoms with Gasteiger partial charge in [-0.2, -0.15) is 0 Å². The van der Waals surface area contributed by atoms with Gasteiger partial charge in [0.25, 0.3) is 0 Å². The molecule has 1 aliphatic rings. The minimum absolute atomic E-state index is 0.0754. The largest absolute Gasteiger partial charge is 0.457 e. The normalized spacial score (nSPS) is 14.1. The van der Waals surface area contributed by atoms with Crippen LogP contribution in [-0.2, 0) is 6.54 Å². The molecule has 278 valence electrons. The maximum Gasteiger partial charge on any atom is 0.135 e. The molecule has 0 unspecified atom stereocenters. The Hall–Kier alpha value is -3.65. The maximum absolute atomic E-state index is 6.47. The van der Waals surface area contributed by atoms with Crippen molar-refractivity contribution in [2.24, 2.45) is 5.41 Å². The molecule has 0 atom stereocenters. The lowest BCUT2D eigenvalue weighted by molar-refractivity contribution is 0.131. The van der Waals surface area contributed by atoms with Gasteiger partial charge < -0.3 is 25.6 Å². The van der Waals surface area contributed by atoms with Crippen LogP contribution in [0.3, 0.4) is 0 Å². The lowest BCUT2D eigenvalue weighted by atomic mass is 9.86. The summed E-state index contributed by atoms with van der Waals surface area (Å²) in [4.78, 5) is 9.60. The number of rotatable bonds is 13. The number of likely N-dealkylation sites (N-methyl/N-ethyl adjacent to an activating group) is 2. The molecule has 0 bridgehead atoms. The zero-order valence-corrected chi connectivity index (χ0v) is 33.9. The van der Waals surface area contributed by atoms with Gasteiger partial charge in [-0.25, -0.2) is 0 Å². The number of pyridine rings is 1. The number of hydrogen-bond acceptors (Lipinski definition) is 7. The summed E-state index contributed by atoms with van der Waals surface area (Å²) in [6.07, 6.45) is 5.04. The van der Waals surface area contributed by atoms with Crippen molar-refractivity contribution >= 4 is 16.5 Å². The third kappa shape index (κ3) is 13.9. The number of piperazine rings is 1. The molecule has 0 radical (unpaired) electrons. The Kier molecular flexibility index (Phi) is 21.0. The van der Waals surface area contributed by atoms with E-state index in [4.69, 9.17) is 4.74 Å². The van der Waals surface area contributed by atoms with E-state index in [0.29, 0.717) is 0 Å². The van der Waals surface area contributed by atoms with Crippen molar-refractivity contribution < 1.29 is 4.74 Å². The van der Waals surface area contributed by atoms with Crippen LogP contribution < -0.4 is 20.7 Å². The number of nitrogens with zero attached hydrogens (tertiary/aromatic N) is 3. The SMILES string of the molecule is C=C(NC(/C=C(\C)C(C)(C)C)=C(\CC)CNC)Nc1ccc(Oc2ccnc(CN3CCN(CC)CC3)c2)c2ccccc12.CC.CC.CC. The predicted molar refractivity (Wildman–Crippen MR) is 220 cm³/mol. The van der Waals surface area contributed by atoms with Crippen LogP contribution in [0.5, 0.6) is 11.5 Å². The second-order valence-electron chi connectivity index (χ2n) is 12.7. The van der Waals surface area contributed by atoms with Crippen molar-refractivity contribution in [2.75, 3.05) is 51.6 Å². The molecule has 2 aromatic carbocycles. The van der Waals surface area contributed by atoms with Crippen LogP contribution in [-0.4, -0.2) is 61.1 Å². The van der Waals surface area contributed by atoms with Crippen LogP contribution in [0.25, 0.3) is 10.8 Å². The lowest BCUT2D eigenvalue weighted by Gasteiger charge is -2.33. The fourth-order valence-corrected chi connectivity index (χ4v) is 5.34. The number of anilines is 1. The van der Waals surface area contributed by atoms with Crippen LogP contribution in [0.2, 0.25) is 0 Å². The van der Waals surface area contributed by atoms with Gasteiger partial charge in [0.2, 0.25) is 0 Å². The molecule has 1 saturated heterocycles. The van der Waals surface area contributed by atoms with Gasteiger partial charge in [0.05, 0.1) is 5.69 Å². The van der Waals surface area contributed by atoms with E-state index in [1.165, 1.54) is 11.1 Å². The summed E-state index contributed by atoms with van der Waals surface area (Å²) < 4.78 is 6.47. The second kappa shape index (κ2) is 23.7. The number of aromatic nitrogens is 1. The van der Waals surface area contributed by atoms with E-state index in [9.17, 15) is 0 Å². The third-order valence-electron chi connectivity index (χ3n) is 8.51. The molecule has 7 nitrogen and oxygen atoms in total. The molecule has 4 rings (SSSR count). The van der Waals surface area contributed by atoms with Gasteiger partial charge in [-0.05, 0) is 62.2 Å². The molecule has 0 amide bonds. The van der Waals surface area contributed by atoms with Crippen LogP contribution in [0.1, 0.15) is 95.2 Å². The number of allylic oxidation sites excluding steroid dienone is 2. The molecular formula is C43H70N6O. The first-order valence-electron chi connectivity index (χ1n) is 19.0. The molecule has 3 aromatic rings. The molecule has 1 fully saturated rings. The summed E-state index contributed by atoms with van der Waals surface area (Å²) in [6, 6.07) is 16.4. The Balaban J connectivity index is 0.00000197. The van der Waals surface area contributed by atoms with Crippen molar-refractivity contribution in [1.29, 1.82) is 0 Å². The Morgan fingerprint density at radius 2 is 1.52 bits per heavy atom. The van der Waals surface area contributed by atoms with Crippen LogP contribution in [0.15, 0.2) is 90.0 Å². The summed E-state index contributed by atoms with van der Waals surface area (Å²) in [7, 11) is 1.98. The van der Waals surface area contributed by atoms with Crippen LogP contribution in [0, 0.1) is 5.41 Å². The maximum atomic E-state index is 6.47. The zero-order valence-electron chi connectivity index (χ0n) is 33.9. The van der Waals surface area contributed by atoms with Crippen molar-refractivity contribution in [3.8, 4) is 11.5 Å². The highest BCUT2D eigenvalue weighted by atomic mass is 16.5. The minimum Gasteiger partial charge on any atom is -0.457 e. The molecule has 1 aliphatic heterocycles. The molecule has 0 spiro atoms. The first-order chi connectivity index (χ1) is 24.1. The van der Waals surface area contributed by atoms with Crippen molar-refractivity contribution in [1.82, 2.24) is 25.4 Å². The standard InChI is InChI=1S/C37H52N6O.3C2H6/c1-9-29(25-38-8)35(23-27(3)37(5,6)7)41-28(4)40-34-15-16-36(33-14-12-11-13-32(33)34)44-31-17-18-39-30(24-31)26-43-21-19-42(10-2)20-22-43;3*1-2/h11-18,23-24,38,40-41H,4,9-10,19-22,25-26H2,1-3,5-8H3;3*1-2H3/b27-23+,35-29+;;;. The number of benzene rings is 2. The fraction of sp³-hybridized carbons (Fsp3) is 0.512. The van der Waals surface area contributed by atoms with Crippen LogP contribution in [0.4, 0.5) is 5.69 Å². The van der Waals surface area contributed by atoms with Gasteiger partial charge in [0.15, 0.2) is 0 Å². The van der Waals surface area contributed by atoms with Crippen LogP contribution >= 0.6 is 0 Å². The molecule has 0 aliphatic carbocycles. The summed E-state index contributed by atoms with van der Waals surface area (Å²) in [5.74, 6) is 2.33. The average molecular weight is 687 g/mol. The summed E-state index contributed by atoms with van der Waals surface area (Å²) in [5.41, 5.74) is 5.76. The smallest absolute Gasteiger partial charge is 0.135 e. The van der Waals surface area contributed by atoms with Gasteiger partial charge in [-0.1, -0.05) is 113 Å². The molecule has 0 saturated carbocycles. The molecule has 50 heavy (non-hydrogen) atoms. The molecule has 2 heterocycles. The third-order valence-corrected chi connectivity index (χ3v) is 8.51. The Morgan fingerprint density at radius 1 is 0.900 bits per heavy atom. The van der Waals surface area contributed by atoms with Gasteiger partial charge in [0.1, 0.15) is 17.3 Å². The van der Waals surface area contributed by atoms with Gasteiger partial charge >= 0.3 is 0 Å². The predicted octanol–water partition coefficient (Wildman–Crippen LogP) is 10.6. The monoisotopic (exact) mass is 687 g/mol. The first-order valence-corrected chi connectivity index (χ1v) is 19.0. The number of fused-ring (bicyclic) bond motifs is 1. The summed E-state index contributed by atoms with van der Waals surface area (Å²) >= 11 is 0. The quantitative estimate of drug-likeness (QED) is 0.155. The van der Waals surface area contributed by atoms with Crippen molar-refractivity contribution in [3.63, 3.8) is 0 Å². The van der Waals surface area contributed by atoms with Crippen molar-refractivity contribution in [3.05, 3.63) is 95.7 Å². The van der Waals surface area contributed by atoms with E-state index in [1.807, 2.05) is 73.0 Å². The Bertz CT molecular complexity index is 1480. The topological polar surface area (TPSA) is 64.7 Å². The number of hydrogen-bond donors (Lipinski definition) is 3. The minimum atomic E-state index is 0.0754. The lowest BCUT2D eigenvalue weighted by Crippen LogP contribution is -2.45. The van der Waals surface area contributed by atoms with E-state index in [2.05, 4.69) is 115 Å². The highest BCUT2D eigenvalue weighted by Gasteiger charge is 2.17. The van der Waals surface area contributed by atoms with Crippen molar-refractivity contribution in [2.45, 2.75) is 96.1 Å². The van der Waals surface area contributed by atoms with E-state index < -0.39 is 0 Å². The van der Waals surface area contributed by atoms with E-state index in [-0.39, 0.29) is 5.41 Å². The average Bonchev–Trinajstić information content (AvgIpc) is 3.14. The van der Waals surface area contributed by atoms with E-state index in [0.717, 1.165) is 97.4 Å². The first kappa shape index (κ1) is 44.4. The summed E-state index contributed by atoms with van der Waals surface area (Å²) in [6.45, 7) is 36.8. The molecule has 1 aromatic heterocycles. The second-order valence-corrected chi connectivity index (χ2v) is 12.7. The molecular weight excluding hydrogens is 617 g/mol.